The van der Waals surface area contributed by atoms with Crippen LogP contribution in [0.15, 0.2) is 30.3 Å². The predicted octanol–water partition coefficient (Wildman–Crippen LogP) is 1.11. The van der Waals surface area contributed by atoms with Gasteiger partial charge in [0.2, 0.25) is 0 Å². The van der Waals surface area contributed by atoms with Gasteiger partial charge >= 0.3 is 5.97 Å². The van der Waals surface area contributed by atoms with Gasteiger partial charge in [0, 0.05) is 6.54 Å². The quantitative estimate of drug-likeness (QED) is 0.797. The Morgan fingerprint density at radius 1 is 1.47 bits per heavy atom. The molecule has 0 amide bonds. The molecule has 0 spiro atoms. The summed E-state index contributed by atoms with van der Waals surface area (Å²) in [6.07, 6.45) is 0. The van der Waals surface area contributed by atoms with Crippen LogP contribution >= 0.6 is 0 Å². The Balaban J connectivity index is 1.88. The summed E-state index contributed by atoms with van der Waals surface area (Å²) < 4.78 is 10.6. The van der Waals surface area contributed by atoms with Crippen molar-refractivity contribution in [3.8, 4) is 0 Å². The maximum absolute atomic E-state index is 11.9. The summed E-state index contributed by atoms with van der Waals surface area (Å²) in [7, 11) is 0. The van der Waals surface area contributed by atoms with Crippen LogP contribution in [0, 0.1) is 0 Å². The molecule has 92 valence electrons. The molecule has 0 aromatic heterocycles. The van der Waals surface area contributed by atoms with Gasteiger partial charge in [0.15, 0.2) is 0 Å². The fraction of sp³-hybridized carbons (Fsp3) is 0.462. The van der Waals surface area contributed by atoms with Crippen molar-refractivity contribution in [2.24, 2.45) is 0 Å². The Kier molecular flexibility index (Phi) is 3.76. The first-order valence-corrected chi connectivity index (χ1v) is 5.75. The van der Waals surface area contributed by atoms with Gasteiger partial charge in [-0.1, -0.05) is 30.3 Å². The lowest BCUT2D eigenvalue weighted by Gasteiger charge is -2.32. The molecule has 1 aliphatic heterocycles. The van der Waals surface area contributed by atoms with Crippen molar-refractivity contribution in [2.75, 3.05) is 19.8 Å². The molecular formula is C13H17NO3. The van der Waals surface area contributed by atoms with Gasteiger partial charge in [0.25, 0.3) is 0 Å². The number of rotatable bonds is 3. The molecule has 1 fully saturated rings. The first-order valence-electron chi connectivity index (χ1n) is 5.75. The van der Waals surface area contributed by atoms with Crippen molar-refractivity contribution in [3.63, 3.8) is 0 Å². The Morgan fingerprint density at radius 2 is 2.24 bits per heavy atom. The van der Waals surface area contributed by atoms with Crippen LogP contribution in [0.25, 0.3) is 0 Å². The van der Waals surface area contributed by atoms with Crippen LogP contribution in [-0.2, 0) is 20.9 Å². The van der Waals surface area contributed by atoms with E-state index in [4.69, 9.17) is 9.47 Å². The molecule has 0 saturated carbocycles. The second-order valence-electron chi connectivity index (χ2n) is 4.37. The molecule has 1 N–H and O–H groups in total. The molecule has 1 saturated heterocycles. The first kappa shape index (κ1) is 12.1. The topological polar surface area (TPSA) is 47.6 Å². The number of carbonyl (C=O) groups excluding carboxylic acids is 1. The van der Waals surface area contributed by atoms with Gasteiger partial charge in [-0.05, 0) is 12.5 Å². The van der Waals surface area contributed by atoms with Crippen LogP contribution in [0.4, 0.5) is 0 Å². The van der Waals surface area contributed by atoms with E-state index in [0.29, 0.717) is 26.4 Å². The minimum atomic E-state index is -0.715. The summed E-state index contributed by atoms with van der Waals surface area (Å²) in [4.78, 5) is 11.9. The maximum Gasteiger partial charge on any atom is 0.328 e. The van der Waals surface area contributed by atoms with Crippen LogP contribution < -0.4 is 5.32 Å². The summed E-state index contributed by atoms with van der Waals surface area (Å²) in [5.74, 6) is -0.263. The van der Waals surface area contributed by atoms with Gasteiger partial charge < -0.3 is 9.47 Å². The smallest absolute Gasteiger partial charge is 0.328 e. The minimum absolute atomic E-state index is 0.263. The summed E-state index contributed by atoms with van der Waals surface area (Å²) in [6, 6.07) is 9.64. The normalized spacial score (nSPS) is 24.3. The number of carbonyl (C=O) groups is 1. The highest BCUT2D eigenvalue weighted by atomic mass is 16.5. The molecule has 4 heteroatoms. The summed E-state index contributed by atoms with van der Waals surface area (Å²) in [5.41, 5.74) is 0.272. The fourth-order valence-corrected chi connectivity index (χ4v) is 1.74. The average Bonchev–Trinajstić information content (AvgIpc) is 2.38. The van der Waals surface area contributed by atoms with Gasteiger partial charge in [-0.3, -0.25) is 5.32 Å². The van der Waals surface area contributed by atoms with Gasteiger partial charge in [0.1, 0.15) is 12.1 Å². The molecule has 1 heterocycles. The Morgan fingerprint density at radius 3 is 2.88 bits per heavy atom. The highest BCUT2D eigenvalue weighted by Crippen LogP contribution is 2.12. The lowest BCUT2D eigenvalue weighted by atomic mass is 10.0. The van der Waals surface area contributed by atoms with Crippen LogP contribution in [0.2, 0.25) is 0 Å². The van der Waals surface area contributed by atoms with E-state index in [9.17, 15) is 4.79 Å². The first-order chi connectivity index (χ1) is 8.21. The van der Waals surface area contributed by atoms with Gasteiger partial charge in [0.05, 0.1) is 13.2 Å². The highest BCUT2D eigenvalue weighted by molar-refractivity contribution is 5.80. The highest BCUT2D eigenvalue weighted by Gasteiger charge is 2.36. The van der Waals surface area contributed by atoms with Crippen molar-refractivity contribution in [2.45, 2.75) is 19.1 Å². The molecule has 1 aliphatic rings. The van der Waals surface area contributed by atoms with Crippen molar-refractivity contribution in [3.05, 3.63) is 35.9 Å². The molecule has 1 atom stereocenters. The van der Waals surface area contributed by atoms with E-state index in [0.717, 1.165) is 5.56 Å². The fourth-order valence-electron chi connectivity index (χ4n) is 1.74. The number of benzene rings is 1. The summed E-state index contributed by atoms with van der Waals surface area (Å²) >= 11 is 0. The van der Waals surface area contributed by atoms with E-state index >= 15 is 0 Å². The monoisotopic (exact) mass is 235 g/mol. The molecule has 0 bridgehead atoms. The number of nitrogens with one attached hydrogen (secondary N) is 1. The number of ether oxygens (including phenoxy) is 2. The SMILES string of the molecule is CC1(C(=O)OCc2ccccc2)COCCN1. The Hall–Kier alpha value is -1.39. The molecule has 1 aromatic rings. The Bertz CT molecular complexity index is 372. The van der Waals surface area contributed by atoms with E-state index < -0.39 is 5.54 Å². The lowest BCUT2D eigenvalue weighted by molar-refractivity contribution is -0.157. The third-order valence-electron chi connectivity index (χ3n) is 2.82. The standard InChI is InChI=1S/C13H17NO3/c1-13(10-16-8-7-14-13)12(15)17-9-11-5-3-2-4-6-11/h2-6,14H,7-10H2,1H3. The van der Waals surface area contributed by atoms with Crippen molar-refractivity contribution >= 4 is 5.97 Å². The molecular weight excluding hydrogens is 218 g/mol. The van der Waals surface area contributed by atoms with Gasteiger partial charge in [-0.15, -0.1) is 0 Å². The summed E-state index contributed by atoms with van der Waals surface area (Å²) in [5, 5.41) is 3.13. The van der Waals surface area contributed by atoms with Crippen molar-refractivity contribution in [1.29, 1.82) is 0 Å². The van der Waals surface area contributed by atoms with Gasteiger partial charge in [-0.25, -0.2) is 4.79 Å². The molecule has 1 unspecified atom stereocenters. The largest absolute Gasteiger partial charge is 0.459 e. The van der Waals surface area contributed by atoms with Crippen LogP contribution in [-0.4, -0.2) is 31.3 Å². The van der Waals surface area contributed by atoms with Crippen LogP contribution in [0.3, 0.4) is 0 Å². The zero-order valence-corrected chi connectivity index (χ0v) is 9.94. The molecule has 4 nitrogen and oxygen atoms in total. The average molecular weight is 235 g/mol. The van der Waals surface area contributed by atoms with Crippen molar-refractivity contribution < 1.29 is 14.3 Å². The second kappa shape index (κ2) is 5.29. The van der Waals surface area contributed by atoms with Crippen LogP contribution in [0.1, 0.15) is 12.5 Å². The van der Waals surface area contributed by atoms with Crippen molar-refractivity contribution in [1.82, 2.24) is 5.32 Å². The maximum atomic E-state index is 11.9. The molecule has 17 heavy (non-hydrogen) atoms. The third kappa shape index (κ3) is 3.05. The predicted molar refractivity (Wildman–Crippen MR) is 63.5 cm³/mol. The zero-order chi connectivity index (χ0) is 12.1. The molecule has 0 radical (unpaired) electrons. The zero-order valence-electron chi connectivity index (χ0n) is 9.94. The van der Waals surface area contributed by atoms with E-state index in [2.05, 4.69) is 5.32 Å². The number of morpholine rings is 1. The van der Waals surface area contributed by atoms with E-state index in [1.54, 1.807) is 6.92 Å². The number of hydrogen-bond acceptors (Lipinski definition) is 4. The van der Waals surface area contributed by atoms with Gasteiger partial charge in [-0.2, -0.15) is 0 Å². The van der Waals surface area contributed by atoms with Crippen LogP contribution in [0.5, 0.6) is 0 Å². The Labute approximate surface area is 101 Å². The lowest BCUT2D eigenvalue weighted by Crippen LogP contribution is -2.58. The second-order valence-corrected chi connectivity index (χ2v) is 4.37. The van der Waals surface area contributed by atoms with E-state index in [1.165, 1.54) is 0 Å². The number of hydrogen-bond donors (Lipinski definition) is 1. The molecule has 1 aromatic carbocycles. The third-order valence-corrected chi connectivity index (χ3v) is 2.82. The van der Waals surface area contributed by atoms with E-state index in [1.807, 2.05) is 30.3 Å². The molecule has 2 rings (SSSR count). The minimum Gasteiger partial charge on any atom is -0.459 e. The molecule has 0 aliphatic carbocycles. The van der Waals surface area contributed by atoms with E-state index in [-0.39, 0.29) is 5.97 Å². The summed E-state index contributed by atoms with van der Waals surface area (Å²) in [6.45, 7) is 3.79. The number of esters is 1.